The van der Waals surface area contributed by atoms with Crippen LogP contribution < -0.4 is 0 Å². The fourth-order valence-electron chi connectivity index (χ4n) is 4.40. The lowest BCUT2D eigenvalue weighted by Crippen LogP contribution is -2.39. The van der Waals surface area contributed by atoms with Crippen LogP contribution in [0, 0.1) is 24.2 Å². The number of rotatable bonds is 2. The van der Waals surface area contributed by atoms with E-state index < -0.39 is 17.4 Å². The summed E-state index contributed by atoms with van der Waals surface area (Å²) in [4.78, 5) is 30.4. The number of ketones is 1. The highest BCUT2D eigenvalue weighted by atomic mass is 32.1. The largest absolute Gasteiger partial charge is 0.457 e. The molecule has 4 unspecified atom stereocenters. The fourth-order valence-corrected chi connectivity index (χ4v) is 4.97. The van der Waals surface area contributed by atoms with E-state index in [0.29, 0.717) is 12.8 Å². The Balaban J connectivity index is 0.00000298. The van der Waals surface area contributed by atoms with Gasteiger partial charge in [-0.25, -0.2) is 4.98 Å². The third-order valence-corrected chi connectivity index (χ3v) is 7.63. The number of Topliss-reactive ketones (excluding diaryl/α,β-unsaturated/α-hetero) is 1. The Kier molecular flexibility index (Phi) is 13.1. The van der Waals surface area contributed by atoms with Gasteiger partial charge in [0.15, 0.2) is 0 Å². The Morgan fingerprint density at radius 2 is 1.86 bits per heavy atom. The van der Waals surface area contributed by atoms with Gasteiger partial charge in [-0.1, -0.05) is 53.2 Å². The van der Waals surface area contributed by atoms with E-state index in [1.54, 1.807) is 11.3 Å². The van der Waals surface area contributed by atoms with Crippen molar-refractivity contribution in [2.45, 2.75) is 113 Å². The highest BCUT2D eigenvalue weighted by Crippen LogP contribution is 2.32. The Labute approximate surface area is 217 Å². The van der Waals surface area contributed by atoms with Crippen molar-refractivity contribution in [2.24, 2.45) is 17.3 Å². The SMILES string of the molecule is C/C1=C/CC(/C(C)=C/c2csc(C)n2)OC(=O)CCC(C)(C)C(=O)C(C)C(O)C(C)CCC1.CC. The maximum Gasteiger partial charge on any atom is 0.306 e. The van der Waals surface area contributed by atoms with Crippen LogP contribution in [0.3, 0.4) is 0 Å². The number of esters is 1. The maximum absolute atomic E-state index is 13.1. The summed E-state index contributed by atoms with van der Waals surface area (Å²) in [6.45, 7) is 17.6. The van der Waals surface area contributed by atoms with Crippen molar-refractivity contribution >= 4 is 29.2 Å². The molecule has 0 bridgehead atoms. The number of hydrogen-bond donors (Lipinski definition) is 1. The number of carbonyl (C=O) groups excluding carboxylic acids is 2. The summed E-state index contributed by atoms with van der Waals surface area (Å²) in [5.41, 5.74) is 2.38. The Hall–Kier alpha value is -1.79. The van der Waals surface area contributed by atoms with Crippen molar-refractivity contribution in [3.05, 3.63) is 33.3 Å². The van der Waals surface area contributed by atoms with Crippen molar-refractivity contribution in [3.63, 3.8) is 0 Å². The van der Waals surface area contributed by atoms with E-state index in [1.165, 1.54) is 5.57 Å². The van der Waals surface area contributed by atoms with Crippen LogP contribution in [0.25, 0.3) is 6.08 Å². The van der Waals surface area contributed by atoms with E-state index in [-0.39, 0.29) is 30.2 Å². The van der Waals surface area contributed by atoms with Gasteiger partial charge in [0.2, 0.25) is 0 Å². The number of thiazole rings is 1. The van der Waals surface area contributed by atoms with Gasteiger partial charge in [-0.15, -0.1) is 11.3 Å². The van der Waals surface area contributed by atoms with Crippen LogP contribution in [0.1, 0.15) is 105 Å². The first kappa shape index (κ1) is 31.2. The lowest BCUT2D eigenvalue weighted by Gasteiger charge is -2.31. The van der Waals surface area contributed by atoms with Crippen molar-refractivity contribution in [1.29, 1.82) is 0 Å². The Morgan fingerprint density at radius 3 is 2.46 bits per heavy atom. The Morgan fingerprint density at radius 1 is 1.20 bits per heavy atom. The van der Waals surface area contributed by atoms with Gasteiger partial charge < -0.3 is 9.84 Å². The topological polar surface area (TPSA) is 76.5 Å². The minimum absolute atomic E-state index is 0.00403. The van der Waals surface area contributed by atoms with E-state index in [1.807, 2.05) is 66.8 Å². The van der Waals surface area contributed by atoms with E-state index in [4.69, 9.17) is 4.74 Å². The van der Waals surface area contributed by atoms with Crippen LogP contribution in [0.4, 0.5) is 0 Å². The molecule has 6 heteroatoms. The zero-order valence-electron chi connectivity index (χ0n) is 23.3. The molecule has 0 spiro atoms. The third-order valence-electron chi connectivity index (χ3n) is 6.83. The monoisotopic (exact) mass is 505 g/mol. The first-order valence-electron chi connectivity index (χ1n) is 13.1. The number of aromatic nitrogens is 1. The smallest absolute Gasteiger partial charge is 0.306 e. The van der Waals surface area contributed by atoms with Crippen LogP contribution in [-0.2, 0) is 14.3 Å². The molecule has 0 fully saturated rings. The highest BCUT2D eigenvalue weighted by molar-refractivity contribution is 7.09. The summed E-state index contributed by atoms with van der Waals surface area (Å²) in [5.74, 6) is -0.716. The molecule has 0 aromatic carbocycles. The van der Waals surface area contributed by atoms with Gasteiger partial charge in [0.05, 0.1) is 16.8 Å². The van der Waals surface area contributed by atoms with Crippen LogP contribution in [0.15, 0.2) is 22.6 Å². The lowest BCUT2D eigenvalue weighted by molar-refractivity contribution is -0.148. The molecule has 0 amide bonds. The molecule has 0 saturated carbocycles. The summed E-state index contributed by atoms with van der Waals surface area (Å²) >= 11 is 1.60. The normalized spacial score (nSPS) is 28.9. The zero-order chi connectivity index (χ0) is 26.8. The second-order valence-corrected chi connectivity index (χ2v) is 11.4. The second-order valence-electron chi connectivity index (χ2n) is 10.3. The molecule has 0 saturated heterocycles. The average Bonchev–Trinajstić information content (AvgIpc) is 3.23. The molecule has 0 aliphatic carbocycles. The van der Waals surface area contributed by atoms with Gasteiger partial charge in [0.25, 0.3) is 0 Å². The molecule has 1 aliphatic heterocycles. The van der Waals surface area contributed by atoms with Gasteiger partial charge in [-0.05, 0) is 64.0 Å². The van der Waals surface area contributed by atoms with E-state index >= 15 is 0 Å². The summed E-state index contributed by atoms with van der Waals surface area (Å²) < 4.78 is 5.90. The highest BCUT2D eigenvalue weighted by Gasteiger charge is 2.36. The van der Waals surface area contributed by atoms with Crippen LogP contribution in [0.5, 0.6) is 0 Å². The number of cyclic esters (lactones) is 1. The first-order valence-corrected chi connectivity index (χ1v) is 14.0. The third kappa shape index (κ3) is 10.0. The molecule has 0 radical (unpaired) electrons. The van der Waals surface area contributed by atoms with Crippen molar-refractivity contribution in [2.75, 3.05) is 0 Å². The van der Waals surface area contributed by atoms with E-state index in [0.717, 1.165) is 35.5 Å². The number of aliphatic hydroxyl groups excluding tert-OH is 1. The second kappa shape index (κ2) is 14.7. The van der Waals surface area contributed by atoms with Crippen molar-refractivity contribution < 1.29 is 19.4 Å². The molecule has 4 atom stereocenters. The number of hydrogen-bond acceptors (Lipinski definition) is 6. The molecular formula is C29H47NO4S. The summed E-state index contributed by atoms with van der Waals surface area (Å²) in [7, 11) is 0. The quantitative estimate of drug-likeness (QED) is 0.336. The summed E-state index contributed by atoms with van der Waals surface area (Å²) in [5, 5.41) is 13.8. The fraction of sp³-hybridized carbons (Fsp3) is 0.690. The van der Waals surface area contributed by atoms with Crippen LogP contribution in [-0.4, -0.2) is 34.1 Å². The average molecular weight is 506 g/mol. The number of aliphatic hydroxyl groups is 1. The summed E-state index contributed by atoms with van der Waals surface area (Å²) in [6, 6.07) is 0. The Bertz CT molecular complexity index is 883. The predicted molar refractivity (Wildman–Crippen MR) is 146 cm³/mol. The molecule has 1 aromatic rings. The molecule has 198 valence electrons. The lowest BCUT2D eigenvalue weighted by atomic mass is 9.74. The standard InChI is InChI=1S/C27H41NO4S.C2H6/c1-17-9-8-10-18(2)25(30)20(4)26(31)27(6,7)14-13-24(29)32-23(12-11-17)19(3)15-22-16-33-21(5)28-22;1-2/h11,15-16,18,20,23,25,30H,8-10,12-14H2,1-7H3;1-2H3/b17-11-,19-15+;. The van der Waals surface area contributed by atoms with Gasteiger partial charge in [-0.3, -0.25) is 9.59 Å². The minimum atomic E-state index is -0.703. The maximum atomic E-state index is 13.1. The van der Waals surface area contributed by atoms with Gasteiger partial charge >= 0.3 is 5.97 Å². The number of aryl methyl sites for hydroxylation is 1. The number of allylic oxidation sites excluding steroid dienone is 1. The van der Waals surface area contributed by atoms with Crippen molar-refractivity contribution in [1.82, 2.24) is 4.98 Å². The van der Waals surface area contributed by atoms with Gasteiger partial charge in [-0.2, -0.15) is 0 Å². The summed E-state index contributed by atoms with van der Waals surface area (Å²) in [6.07, 6.45) is 7.01. The minimum Gasteiger partial charge on any atom is -0.457 e. The molecule has 2 rings (SSSR count). The van der Waals surface area contributed by atoms with Crippen LogP contribution in [0.2, 0.25) is 0 Å². The van der Waals surface area contributed by atoms with Gasteiger partial charge in [0, 0.05) is 29.6 Å². The molecule has 35 heavy (non-hydrogen) atoms. The van der Waals surface area contributed by atoms with Crippen LogP contribution >= 0.6 is 11.3 Å². The molecule has 1 aliphatic rings. The zero-order valence-corrected chi connectivity index (χ0v) is 24.1. The number of ether oxygens (including phenoxy) is 1. The predicted octanol–water partition coefficient (Wildman–Crippen LogP) is 7.32. The molecule has 2 heterocycles. The first-order chi connectivity index (χ1) is 16.4. The number of carbonyl (C=O) groups is 2. The number of nitrogens with zero attached hydrogens (tertiary/aromatic N) is 1. The molecule has 1 aromatic heterocycles. The van der Waals surface area contributed by atoms with Gasteiger partial charge in [0.1, 0.15) is 11.9 Å². The molecule has 5 nitrogen and oxygen atoms in total. The van der Waals surface area contributed by atoms with E-state index in [2.05, 4.69) is 18.0 Å². The molecule has 1 N–H and O–H groups in total. The molecular weight excluding hydrogens is 458 g/mol. The van der Waals surface area contributed by atoms with E-state index in [9.17, 15) is 14.7 Å². The van der Waals surface area contributed by atoms with Crippen molar-refractivity contribution in [3.8, 4) is 0 Å².